The molecule has 2 atom stereocenters. The molecule has 0 radical (unpaired) electrons. The van der Waals surface area contributed by atoms with Crippen molar-refractivity contribution >= 4 is 5.69 Å². The van der Waals surface area contributed by atoms with Crippen LogP contribution in [0.25, 0.3) is 0 Å². The number of halogens is 1. The van der Waals surface area contributed by atoms with Crippen LogP contribution in [0.4, 0.5) is 10.1 Å². The first kappa shape index (κ1) is 13.8. The molecule has 2 heterocycles. The summed E-state index contributed by atoms with van der Waals surface area (Å²) in [6.07, 6.45) is 2.83. The second-order valence-electron chi connectivity index (χ2n) is 5.98. The van der Waals surface area contributed by atoms with E-state index in [4.69, 9.17) is 0 Å². The molecule has 0 aliphatic carbocycles. The van der Waals surface area contributed by atoms with Gasteiger partial charge in [0.25, 0.3) is 0 Å². The highest BCUT2D eigenvalue weighted by Gasteiger charge is 2.30. The van der Waals surface area contributed by atoms with E-state index in [1.165, 1.54) is 25.5 Å². The highest BCUT2D eigenvalue weighted by atomic mass is 19.1. The Morgan fingerprint density at radius 2 is 2.05 bits per heavy atom. The third-order valence-electron chi connectivity index (χ3n) is 4.59. The summed E-state index contributed by atoms with van der Waals surface area (Å²) in [4.78, 5) is 4.82. The molecule has 1 aromatic rings. The lowest BCUT2D eigenvalue weighted by molar-refractivity contribution is 0.194. The van der Waals surface area contributed by atoms with E-state index in [1.54, 1.807) is 13.0 Å². The van der Waals surface area contributed by atoms with Gasteiger partial charge in [0.05, 0.1) is 6.10 Å². The summed E-state index contributed by atoms with van der Waals surface area (Å²) >= 11 is 0. The van der Waals surface area contributed by atoms with Crippen LogP contribution in [0, 0.1) is 5.82 Å². The minimum absolute atomic E-state index is 0.301. The first-order valence-corrected chi connectivity index (χ1v) is 7.62. The summed E-state index contributed by atoms with van der Waals surface area (Å²) in [7, 11) is 0. The van der Waals surface area contributed by atoms with Crippen LogP contribution < -0.4 is 4.90 Å². The molecule has 4 heteroatoms. The average Bonchev–Trinajstić information content (AvgIpc) is 2.75. The van der Waals surface area contributed by atoms with Crippen LogP contribution in [-0.4, -0.2) is 42.2 Å². The van der Waals surface area contributed by atoms with Crippen molar-refractivity contribution in [3.63, 3.8) is 0 Å². The SMILES string of the molecule is C[C@@H](O)c1c(F)cccc1N1CCCN2CCCC2C1. The van der Waals surface area contributed by atoms with Gasteiger partial charge in [-0.25, -0.2) is 4.39 Å². The van der Waals surface area contributed by atoms with Crippen LogP contribution in [0.1, 0.15) is 37.9 Å². The quantitative estimate of drug-likeness (QED) is 0.900. The van der Waals surface area contributed by atoms with Crippen LogP contribution in [0.15, 0.2) is 18.2 Å². The van der Waals surface area contributed by atoms with Gasteiger partial charge < -0.3 is 10.0 Å². The summed E-state index contributed by atoms with van der Waals surface area (Å²) < 4.78 is 14.0. The maximum atomic E-state index is 14.0. The van der Waals surface area contributed by atoms with Crippen LogP contribution >= 0.6 is 0 Å². The molecule has 0 saturated carbocycles. The topological polar surface area (TPSA) is 26.7 Å². The average molecular weight is 278 g/mol. The van der Waals surface area contributed by atoms with Crippen LogP contribution in [0.2, 0.25) is 0 Å². The molecule has 2 aliphatic rings. The Balaban J connectivity index is 1.90. The summed E-state index contributed by atoms with van der Waals surface area (Å²) in [6, 6.07) is 5.71. The lowest BCUT2D eigenvalue weighted by atomic mass is 10.1. The van der Waals surface area contributed by atoms with E-state index in [-0.39, 0.29) is 5.82 Å². The molecule has 0 aromatic heterocycles. The highest BCUT2D eigenvalue weighted by molar-refractivity contribution is 5.55. The van der Waals surface area contributed by atoms with Gasteiger partial charge in [0.2, 0.25) is 0 Å². The van der Waals surface area contributed by atoms with E-state index < -0.39 is 6.10 Å². The Kier molecular flexibility index (Phi) is 3.94. The third kappa shape index (κ3) is 2.54. The number of hydrogen-bond donors (Lipinski definition) is 1. The van der Waals surface area contributed by atoms with E-state index in [2.05, 4.69) is 9.80 Å². The Morgan fingerprint density at radius 3 is 2.85 bits per heavy atom. The number of aliphatic hydroxyl groups is 1. The van der Waals surface area contributed by atoms with Crippen molar-refractivity contribution < 1.29 is 9.50 Å². The van der Waals surface area contributed by atoms with Gasteiger partial charge in [-0.1, -0.05) is 6.07 Å². The molecule has 2 aliphatic heterocycles. The fraction of sp³-hybridized carbons (Fsp3) is 0.625. The van der Waals surface area contributed by atoms with Crippen molar-refractivity contribution in [2.75, 3.05) is 31.1 Å². The van der Waals surface area contributed by atoms with Gasteiger partial charge in [0.1, 0.15) is 5.82 Å². The van der Waals surface area contributed by atoms with Gasteiger partial charge in [-0.15, -0.1) is 0 Å². The zero-order valence-corrected chi connectivity index (χ0v) is 12.1. The highest BCUT2D eigenvalue weighted by Crippen LogP contribution is 2.31. The third-order valence-corrected chi connectivity index (χ3v) is 4.59. The number of rotatable bonds is 2. The van der Waals surface area contributed by atoms with E-state index >= 15 is 0 Å². The lowest BCUT2D eigenvalue weighted by Gasteiger charge is -2.29. The van der Waals surface area contributed by atoms with Crippen LogP contribution in [0.5, 0.6) is 0 Å². The van der Waals surface area contributed by atoms with Gasteiger partial charge in [-0.3, -0.25) is 4.90 Å². The van der Waals surface area contributed by atoms with Crippen molar-refractivity contribution in [3.8, 4) is 0 Å². The van der Waals surface area contributed by atoms with Gasteiger partial charge >= 0.3 is 0 Å². The largest absolute Gasteiger partial charge is 0.389 e. The fourth-order valence-corrected chi connectivity index (χ4v) is 3.64. The minimum atomic E-state index is -0.769. The fourth-order valence-electron chi connectivity index (χ4n) is 3.64. The molecule has 3 nitrogen and oxygen atoms in total. The van der Waals surface area contributed by atoms with Crippen LogP contribution in [0.3, 0.4) is 0 Å². The van der Waals surface area contributed by atoms with Gasteiger partial charge in [-0.2, -0.15) is 0 Å². The molecule has 0 bridgehead atoms. The summed E-state index contributed by atoms with van der Waals surface area (Å²) in [5.74, 6) is -0.301. The number of nitrogens with zero attached hydrogens (tertiary/aromatic N) is 2. The molecular formula is C16H23FN2O. The number of anilines is 1. The summed E-state index contributed by atoms with van der Waals surface area (Å²) in [6.45, 7) is 5.87. The maximum absolute atomic E-state index is 14.0. The molecule has 110 valence electrons. The van der Waals surface area contributed by atoms with Crippen molar-refractivity contribution in [3.05, 3.63) is 29.6 Å². The van der Waals surface area contributed by atoms with Gasteiger partial charge in [-0.05, 0) is 44.9 Å². The Morgan fingerprint density at radius 1 is 1.25 bits per heavy atom. The first-order chi connectivity index (χ1) is 9.66. The zero-order chi connectivity index (χ0) is 14.1. The minimum Gasteiger partial charge on any atom is -0.389 e. The smallest absolute Gasteiger partial charge is 0.131 e. The van der Waals surface area contributed by atoms with E-state index in [0.29, 0.717) is 11.6 Å². The normalized spacial score (nSPS) is 25.4. The van der Waals surface area contributed by atoms with E-state index in [9.17, 15) is 9.50 Å². The second kappa shape index (κ2) is 5.70. The van der Waals surface area contributed by atoms with E-state index in [0.717, 1.165) is 31.7 Å². The zero-order valence-electron chi connectivity index (χ0n) is 12.1. The first-order valence-electron chi connectivity index (χ1n) is 7.62. The van der Waals surface area contributed by atoms with Gasteiger partial charge in [0.15, 0.2) is 0 Å². The number of fused-ring (bicyclic) bond motifs is 1. The summed E-state index contributed by atoms with van der Waals surface area (Å²) in [5, 5.41) is 9.90. The molecular weight excluding hydrogens is 255 g/mol. The Hall–Kier alpha value is -1.13. The number of hydrogen-bond acceptors (Lipinski definition) is 3. The predicted molar refractivity (Wildman–Crippen MR) is 78.5 cm³/mol. The van der Waals surface area contributed by atoms with Gasteiger partial charge in [0, 0.05) is 36.9 Å². The molecule has 1 aromatic carbocycles. The van der Waals surface area contributed by atoms with Crippen molar-refractivity contribution in [1.29, 1.82) is 0 Å². The monoisotopic (exact) mass is 278 g/mol. The molecule has 0 spiro atoms. The Labute approximate surface area is 120 Å². The number of aliphatic hydroxyl groups excluding tert-OH is 1. The van der Waals surface area contributed by atoms with Crippen molar-refractivity contribution in [1.82, 2.24) is 4.90 Å². The predicted octanol–water partition coefficient (Wildman–Crippen LogP) is 2.55. The van der Waals surface area contributed by atoms with E-state index in [1.807, 2.05) is 6.07 Å². The molecule has 2 saturated heterocycles. The number of benzene rings is 1. The Bertz CT molecular complexity index is 478. The lowest BCUT2D eigenvalue weighted by Crippen LogP contribution is -2.37. The molecule has 2 fully saturated rings. The maximum Gasteiger partial charge on any atom is 0.131 e. The summed E-state index contributed by atoms with van der Waals surface area (Å²) in [5.41, 5.74) is 1.31. The molecule has 1 N–H and O–H groups in total. The molecule has 1 unspecified atom stereocenters. The second-order valence-corrected chi connectivity index (χ2v) is 5.98. The molecule has 3 rings (SSSR count). The van der Waals surface area contributed by atoms with Crippen molar-refractivity contribution in [2.24, 2.45) is 0 Å². The van der Waals surface area contributed by atoms with Crippen LogP contribution in [-0.2, 0) is 0 Å². The molecule has 20 heavy (non-hydrogen) atoms. The van der Waals surface area contributed by atoms with Crippen molar-refractivity contribution in [2.45, 2.75) is 38.3 Å². The standard InChI is InChI=1S/C16H23FN2O/c1-12(20)16-14(17)6-2-7-15(16)19-10-4-9-18-8-3-5-13(18)11-19/h2,6-7,12-13,20H,3-5,8-11H2,1H3/t12-,13?/m1/s1. The molecule has 0 amide bonds.